The lowest BCUT2D eigenvalue weighted by molar-refractivity contribution is -0.421. The SMILES string of the molecule is CCOC(=O)C1=C(c2ccccc2)c2cc(OS(C)(=O)=O)c(OS(C)(=O)=O)cc2/C1=[N+](/C)[O-]. The molecule has 3 rings (SSSR count). The summed E-state index contributed by atoms with van der Waals surface area (Å²) in [5, 5.41) is 12.6. The maximum Gasteiger partial charge on any atom is 0.345 e. The molecule has 0 aliphatic heterocycles. The zero-order valence-corrected chi connectivity index (χ0v) is 19.8. The van der Waals surface area contributed by atoms with E-state index in [1.54, 1.807) is 37.3 Å². The fourth-order valence-electron chi connectivity index (χ4n) is 3.44. The summed E-state index contributed by atoms with van der Waals surface area (Å²) in [6.45, 7) is 1.65. The van der Waals surface area contributed by atoms with Crippen molar-refractivity contribution in [2.24, 2.45) is 0 Å². The third kappa shape index (κ3) is 5.34. The molecule has 0 bridgehead atoms. The van der Waals surface area contributed by atoms with Crippen LogP contribution < -0.4 is 8.37 Å². The van der Waals surface area contributed by atoms with E-state index in [2.05, 4.69) is 0 Å². The average molecular weight is 496 g/mol. The molecular formula is C21H21NO9S2. The largest absolute Gasteiger partial charge is 0.624 e. The Kier molecular flexibility index (Phi) is 6.52. The Bertz CT molecular complexity index is 1390. The molecule has 0 aromatic heterocycles. The van der Waals surface area contributed by atoms with Gasteiger partial charge in [-0.15, -0.1) is 0 Å². The van der Waals surface area contributed by atoms with Crippen molar-refractivity contribution < 1.29 is 39.5 Å². The predicted molar refractivity (Wildman–Crippen MR) is 120 cm³/mol. The second kappa shape index (κ2) is 8.87. The third-order valence-electron chi connectivity index (χ3n) is 4.43. The Morgan fingerprint density at radius 2 is 1.45 bits per heavy atom. The van der Waals surface area contributed by atoms with Crippen molar-refractivity contribution >= 4 is 37.5 Å². The molecule has 0 saturated carbocycles. The van der Waals surface area contributed by atoms with Crippen molar-refractivity contribution in [3.63, 3.8) is 0 Å². The molecule has 10 nitrogen and oxygen atoms in total. The van der Waals surface area contributed by atoms with Gasteiger partial charge in [-0.05, 0) is 18.6 Å². The van der Waals surface area contributed by atoms with E-state index in [-0.39, 0.29) is 29.0 Å². The fourth-order valence-corrected chi connectivity index (χ4v) is 4.35. The average Bonchev–Trinajstić information content (AvgIpc) is 3.01. The van der Waals surface area contributed by atoms with E-state index in [4.69, 9.17) is 13.1 Å². The summed E-state index contributed by atoms with van der Waals surface area (Å²) in [5.74, 6) is -1.66. The Hall–Kier alpha value is -3.38. The molecule has 0 spiro atoms. The molecule has 0 atom stereocenters. The van der Waals surface area contributed by atoms with Crippen LogP contribution in [0.15, 0.2) is 48.0 Å². The van der Waals surface area contributed by atoms with E-state index in [0.717, 1.165) is 18.6 Å². The zero-order chi connectivity index (χ0) is 24.6. The summed E-state index contributed by atoms with van der Waals surface area (Å²) < 4.78 is 62.7. The first-order valence-electron chi connectivity index (χ1n) is 9.55. The van der Waals surface area contributed by atoms with Crippen LogP contribution in [0, 0.1) is 5.21 Å². The second-order valence-electron chi connectivity index (χ2n) is 7.10. The first-order valence-corrected chi connectivity index (χ1v) is 13.2. The van der Waals surface area contributed by atoms with Gasteiger partial charge < -0.3 is 18.3 Å². The summed E-state index contributed by atoms with van der Waals surface area (Å²) >= 11 is 0. The number of fused-ring (bicyclic) bond motifs is 1. The number of nitrogens with zero attached hydrogens (tertiary/aromatic N) is 1. The third-order valence-corrected chi connectivity index (χ3v) is 5.40. The molecule has 12 heteroatoms. The number of rotatable bonds is 7. The van der Waals surface area contributed by atoms with Gasteiger partial charge >= 0.3 is 26.2 Å². The van der Waals surface area contributed by atoms with Crippen molar-refractivity contribution in [3.8, 4) is 11.5 Å². The first-order chi connectivity index (χ1) is 15.3. The normalized spacial score (nSPS) is 15.2. The number of esters is 1. The van der Waals surface area contributed by atoms with E-state index in [9.17, 15) is 26.8 Å². The van der Waals surface area contributed by atoms with Gasteiger partial charge in [0.1, 0.15) is 12.6 Å². The number of hydroxylamine groups is 1. The van der Waals surface area contributed by atoms with E-state index in [1.165, 1.54) is 13.1 Å². The van der Waals surface area contributed by atoms with Gasteiger partial charge in [0.25, 0.3) is 0 Å². The van der Waals surface area contributed by atoms with Crippen molar-refractivity contribution in [3.05, 3.63) is 69.9 Å². The molecule has 0 unspecified atom stereocenters. The molecule has 1 aliphatic rings. The summed E-state index contributed by atoms with van der Waals surface area (Å²) in [5.41, 5.74) is 1.10. The quantitative estimate of drug-likeness (QED) is 0.184. The molecule has 0 amide bonds. The van der Waals surface area contributed by atoms with Crippen LogP contribution in [-0.2, 0) is 29.8 Å². The van der Waals surface area contributed by atoms with Crippen LogP contribution >= 0.6 is 0 Å². The lowest BCUT2D eigenvalue weighted by Gasteiger charge is -2.13. The second-order valence-corrected chi connectivity index (χ2v) is 10.3. The van der Waals surface area contributed by atoms with E-state index in [1.807, 2.05) is 0 Å². The minimum Gasteiger partial charge on any atom is -0.624 e. The number of hydrogen-bond donors (Lipinski definition) is 0. The minimum atomic E-state index is -4.10. The van der Waals surface area contributed by atoms with Crippen LogP contribution in [0.1, 0.15) is 23.6 Å². The van der Waals surface area contributed by atoms with Gasteiger partial charge in [0, 0.05) is 17.2 Å². The Labute approximate surface area is 191 Å². The van der Waals surface area contributed by atoms with E-state index in [0.29, 0.717) is 15.9 Å². The monoisotopic (exact) mass is 495 g/mol. The number of carbonyl (C=O) groups excluding carboxylic acids is 1. The molecule has 0 saturated heterocycles. The molecule has 0 N–H and O–H groups in total. The van der Waals surface area contributed by atoms with Gasteiger partial charge in [-0.2, -0.15) is 16.8 Å². The van der Waals surface area contributed by atoms with Crippen LogP contribution in [0.25, 0.3) is 5.57 Å². The topological polar surface area (TPSA) is 139 Å². The van der Waals surface area contributed by atoms with Crippen LogP contribution in [0.5, 0.6) is 11.5 Å². The molecular weight excluding hydrogens is 474 g/mol. The smallest absolute Gasteiger partial charge is 0.345 e. The number of hydrogen-bond acceptors (Lipinski definition) is 9. The molecule has 2 aromatic carbocycles. The Morgan fingerprint density at radius 1 is 0.939 bits per heavy atom. The number of benzene rings is 2. The van der Waals surface area contributed by atoms with E-state index >= 15 is 0 Å². The van der Waals surface area contributed by atoms with Gasteiger partial charge in [-0.25, -0.2) is 9.53 Å². The Morgan fingerprint density at radius 3 is 1.91 bits per heavy atom. The highest BCUT2D eigenvalue weighted by Crippen LogP contribution is 2.44. The molecule has 0 radical (unpaired) electrons. The molecule has 176 valence electrons. The molecule has 33 heavy (non-hydrogen) atoms. The van der Waals surface area contributed by atoms with Gasteiger partial charge in [0.15, 0.2) is 11.5 Å². The van der Waals surface area contributed by atoms with Crippen molar-refractivity contribution in [2.75, 3.05) is 26.2 Å². The van der Waals surface area contributed by atoms with Crippen LogP contribution in [-0.4, -0.2) is 59.4 Å². The number of carbonyl (C=O) groups is 1. The standard InChI is InChI=1S/C21H21NO9S2/c1-5-29-21(23)19-18(13-9-7-6-8-10-13)14-11-16(30-32(3,25)26)17(31-33(4,27)28)12-15(14)20(19)22(2)24/h6-12H,5H2,1-4H3/b22-20+. The van der Waals surface area contributed by atoms with E-state index < -0.39 is 37.7 Å². The molecule has 1 aliphatic carbocycles. The van der Waals surface area contributed by atoms with Gasteiger partial charge in [0.2, 0.25) is 5.71 Å². The van der Waals surface area contributed by atoms with Crippen LogP contribution in [0.3, 0.4) is 0 Å². The summed E-state index contributed by atoms with van der Waals surface area (Å²) in [4.78, 5) is 12.9. The molecule has 2 aromatic rings. The van der Waals surface area contributed by atoms with Gasteiger partial charge in [-0.1, -0.05) is 30.3 Å². The van der Waals surface area contributed by atoms with Crippen molar-refractivity contribution in [1.82, 2.24) is 0 Å². The van der Waals surface area contributed by atoms with Crippen molar-refractivity contribution in [2.45, 2.75) is 6.92 Å². The highest BCUT2D eigenvalue weighted by atomic mass is 32.2. The minimum absolute atomic E-state index is 0.0431. The number of ether oxygens (including phenoxy) is 1. The van der Waals surface area contributed by atoms with Crippen molar-refractivity contribution in [1.29, 1.82) is 0 Å². The first kappa shape index (κ1) is 24.3. The predicted octanol–water partition coefficient (Wildman–Crippen LogP) is 1.67. The highest BCUT2D eigenvalue weighted by molar-refractivity contribution is 7.86. The highest BCUT2D eigenvalue weighted by Gasteiger charge is 2.40. The lowest BCUT2D eigenvalue weighted by atomic mass is 9.97. The summed E-state index contributed by atoms with van der Waals surface area (Å²) in [6, 6.07) is 11.0. The molecule has 0 fully saturated rings. The zero-order valence-electron chi connectivity index (χ0n) is 18.2. The Balaban J connectivity index is 2.43. The fraction of sp³-hybridized carbons (Fsp3) is 0.238. The van der Waals surface area contributed by atoms with Gasteiger partial charge in [-0.3, -0.25) is 0 Å². The molecule has 0 heterocycles. The lowest BCUT2D eigenvalue weighted by Crippen LogP contribution is -2.21. The summed E-state index contributed by atoms with van der Waals surface area (Å²) in [6.07, 6.45) is 1.55. The van der Waals surface area contributed by atoms with Crippen LogP contribution in [0.4, 0.5) is 0 Å². The van der Waals surface area contributed by atoms with Gasteiger partial charge in [0.05, 0.1) is 24.7 Å². The maximum atomic E-state index is 12.9. The summed E-state index contributed by atoms with van der Waals surface area (Å²) in [7, 11) is -7.01. The maximum absolute atomic E-state index is 12.9. The van der Waals surface area contributed by atoms with Crippen LogP contribution in [0.2, 0.25) is 0 Å².